The highest BCUT2D eigenvalue weighted by atomic mass is 16.5. The van der Waals surface area contributed by atoms with Crippen molar-refractivity contribution in [3.63, 3.8) is 0 Å². The van der Waals surface area contributed by atoms with Crippen molar-refractivity contribution < 1.29 is 4.74 Å². The van der Waals surface area contributed by atoms with E-state index in [0.29, 0.717) is 6.42 Å². The van der Waals surface area contributed by atoms with Crippen LogP contribution in [0.1, 0.15) is 59.4 Å². The van der Waals surface area contributed by atoms with E-state index in [-0.39, 0.29) is 11.8 Å². The Labute approximate surface area is 204 Å². The quantitative estimate of drug-likeness (QED) is 0.386. The van der Waals surface area contributed by atoms with Gasteiger partial charge in [-0.1, -0.05) is 54.1 Å². The summed E-state index contributed by atoms with van der Waals surface area (Å²) in [5, 5.41) is 20.3. The van der Waals surface area contributed by atoms with Crippen molar-refractivity contribution in [3.8, 4) is 17.9 Å². The van der Waals surface area contributed by atoms with Crippen LogP contribution in [0, 0.1) is 54.8 Å². The number of ether oxygens (including phenoxy) is 1. The molecule has 174 valence electrons. The lowest BCUT2D eigenvalue weighted by molar-refractivity contribution is 0.404. The zero-order valence-corrected chi connectivity index (χ0v) is 20.8. The van der Waals surface area contributed by atoms with E-state index in [1.807, 2.05) is 24.3 Å². The molecule has 0 saturated carbocycles. The Bertz CT molecular complexity index is 1130. The van der Waals surface area contributed by atoms with Gasteiger partial charge in [-0.2, -0.15) is 10.5 Å². The van der Waals surface area contributed by atoms with Gasteiger partial charge in [0, 0.05) is 12.3 Å². The summed E-state index contributed by atoms with van der Waals surface area (Å²) in [7, 11) is 1.67. The molecule has 0 bridgehead atoms. The molecule has 0 heterocycles. The van der Waals surface area contributed by atoms with Gasteiger partial charge in [-0.15, -0.1) is 6.58 Å². The zero-order chi connectivity index (χ0) is 24.7. The Balaban J connectivity index is 2.16. The third kappa shape index (κ3) is 5.16. The Morgan fingerprint density at radius 2 is 1.76 bits per heavy atom. The molecule has 2 aromatic carbocycles. The molecular weight excluding hydrogens is 416 g/mol. The van der Waals surface area contributed by atoms with Gasteiger partial charge in [-0.05, 0) is 85.9 Å². The first-order valence-corrected chi connectivity index (χ1v) is 11.9. The molecule has 1 aliphatic carbocycles. The molecule has 0 amide bonds. The SMILES string of the molecule is C=CCC(C#N)(C#N)C1=CCCCC1C(/C=C/c1ccc(OC)cc1)c1c(C)cc(C)cc1C. The minimum Gasteiger partial charge on any atom is -0.497 e. The van der Waals surface area contributed by atoms with Crippen LogP contribution in [-0.2, 0) is 0 Å². The number of allylic oxidation sites excluding steroid dienone is 4. The summed E-state index contributed by atoms with van der Waals surface area (Å²) in [6.45, 7) is 10.3. The zero-order valence-electron chi connectivity index (χ0n) is 20.8. The number of methoxy groups -OCH3 is 1. The molecule has 3 nitrogen and oxygen atoms in total. The smallest absolute Gasteiger partial charge is 0.168 e. The average molecular weight is 451 g/mol. The number of benzene rings is 2. The second-order valence-corrected chi connectivity index (χ2v) is 9.29. The molecule has 0 radical (unpaired) electrons. The fourth-order valence-corrected chi connectivity index (χ4v) is 5.42. The highest BCUT2D eigenvalue weighted by Gasteiger charge is 2.41. The monoisotopic (exact) mass is 450 g/mol. The summed E-state index contributed by atoms with van der Waals surface area (Å²) >= 11 is 0. The molecule has 0 fully saturated rings. The average Bonchev–Trinajstić information content (AvgIpc) is 2.84. The predicted octanol–water partition coefficient (Wildman–Crippen LogP) is 7.75. The molecule has 0 aromatic heterocycles. The molecule has 3 heteroatoms. The van der Waals surface area contributed by atoms with E-state index < -0.39 is 5.41 Å². The molecule has 0 saturated heterocycles. The normalized spacial score (nSPS) is 16.9. The van der Waals surface area contributed by atoms with Crippen LogP contribution in [0.4, 0.5) is 0 Å². The van der Waals surface area contributed by atoms with Crippen LogP contribution in [0.15, 0.2) is 66.8 Å². The van der Waals surface area contributed by atoms with E-state index in [9.17, 15) is 10.5 Å². The lowest BCUT2D eigenvalue weighted by atomic mass is 9.64. The van der Waals surface area contributed by atoms with E-state index in [2.05, 4.69) is 69.8 Å². The third-order valence-electron chi connectivity index (χ3n) is 6.92. The van der Waals surface area contributed by atoms with Gasteiger partial charge >= 0.3 is 0 Å². The first kappa shape index (κ1) is 25.1. The number of hydrogen-bond donors (Lipinski definition) is 0. The summed E-state index contributed by atoms with van der Waals surface area (Å²) in [4.78, 5) is 0. The second-order valence-electron chi connectivity index (χ2n) is 9.29. The lowest BCUT2D eigenvalue weighted by Gasteiger charge is -2.37. The highest BCUT2D eigenvalue weighted by molar-refractivity contribution is 5.55. The van der Waals surface area contributed by atoms with Crippen molar-refractivity contribution in [1.29, 1.82) is 10.5 Å². The largest absolute Gasteiger partial charge is 0.497 e. The van der Waals surface area contributed by atoms with Crippen molar-refractivity contribution >= 4 is 6.08 Å². The molecule has 1 aliphatic rings. The van der Waals surface area contributed by atoms with Gasteiger partial charge in [-0.3, -0.25) is 0 Å². The lowest BCUT2D eigenvalue weighted by Crippen LogP contribution is -2.30. The molecule has 2 aromatic rings. The van der Waals surface area contributed by atoms with E-state index in [0.717, 1.165) is 36.1 Å². The van der Waals surface area contributed by atoms with E-state index in [1.54, 1.807) is 13.2 Å². The van der Waals surface area contributed by atoms with Crippen LogP contribution in [0.2, 0.25) is 0 Å². The van der Waals surface area contributed by atoms with Gasteiger partial charge in [0.05, 0.1) is 19.2 Å². The number of aryl methyl sites for hydroxylation is 3. The first-order chi connectivity index (χ1) is 16.4. The molecule has 0 N–H and O–H groups in total. The summed E-state index contributed by atoms with van der Waals surface area (Å²) < 4.78 is 5.30. The van der Waals surface area contributed by atoms with Gasteiger partial charge < -0.3 is 4.74 Å². The van der Waals surface area contributed by atoms with Crippen LogP contribution in [0.3, 0.4) is 0 Å². The van der Waals surface area contributed by atoms with Crippen LogP contribution in [0.25, 0.3) is 6.08 Å². The van der Waals surface area contributed by atoms with Crippen LogP contribution in [0.5, 0.6) is 5.75 Å². The van der Waals surface area contributed by atoms with Crippen molar-refractivity contribution in [2.45, 2.75) is 52.4 Å². The van der Waals surface area contributed by atoms with Gasteiger partial charge in [0.1, 0.15) is 5.75 Å². The predicted molar refractivity (Wildman–Crippen MR) is 139 cm³/mol. The van der Waals surface area contributed by atoms with E-state index in [1.165, 1.54) is 22.3 Å². The van der Waals surface area contributed by atoms with Crippen molar-refractivity contribution in [2.75, 3.05) is 7.11 Å². The fraction of sp³-hybridized carbons (Fsp3) is 0.355. The van der Waals surface area contributed by atoms with Gasteiger partial charge in [0.15, 0.2) is 5.41 Å². The molecule has 3 rings (SSSR count). The summed E-state index contributed by atoms with van der Waals surface area (Å²) in [5.41, 5.74) is 5.89. The molecular formula is C31H34N2O. The second kappa shape index (κ2) is 11.0. The molecule has 2 unspecified atom stereocenters. The number of rotatable bonds is 8. The minimum atomic E-state index is -1.18. The number of nitrogens with zero attached hydrogens (tertiary/aromatic N) is 2. The van der Waals surface area contributed by atoms with Crippen molar-refractivity contribution in [3.05, 3.63) is 94.6 Å². The third-order valence-corrected chi connectivity index (χ3v) is 6.92. The summed E-state index contributed by atoms with van der Waals surface area (Å²) in [6, 6.07) is 17.2. The Hall–Kier alpha value is -3.56. The number of hydrogen-bond acceptors (Lipinski definition) is 3. The molecule has 34 heavy (non-hydrogen) atoms. The maximum absolute atomic E-state index is 10.1. The van der Waals surface area contributed by atoms with Crippen molar-refractivity contribution in [1.82, 2.24) is 0 Å². The van der Waals surface area contributed by atoms with Crippen LogP contribution < -0.4 is 4.74 Å². The van der Waals surface area contributed by atoms with Gasteiger partial charge in [0.25, 0.3) is 0 Å². The Kier molecular flexibility index (Phi) is 8.14. The Morgan fingerprint density at radius 3 is 2.32 bits per heavy atom. The fourth-order valence-electron chi connectivity index (χ4n) is 5.42. The van der Waals surface area contributed by atoms with Crippen LogP contribution >= 0.6 is 0 Å². The standard InChI is InChI=1S/C31H34N2O/c1-6-17-31(20-32,21-33)29-10-8-7-9-27(29)28(30-23(3)18-22(2)19-24(30)4)16-13-25-11-14-26(34-5)15-12-25/h6,10-16,18-19,27-28H,1,7-9,17H2,2-5H3/b16-13+. The van der Waals surface area contributed by atoms with Crippen LogP contribution in [-0.4, -0.2) is 7.11 Å². The molecule has 0 spiro atoms. The highest BCUT2D eigenvalue weighted by Crippen LogP contribution is 2.48. The molecule has 2 atom stereocenters. The van der Waals surface area contributed by atoms with Gasteiger partial charge in [0.2, 0.25) is 0 Å². The summed E-state index contributed by atoms with van der Waals surface area (Å²) in [5.74, 6) is 0.955. The van der Waals surface area contributed by atoms with E-state index >= 15 is 0 Å². The first-order valence-electron chi connectivity index (χ1n) is 11.9. The number of nitriles is 2. The minimum absolute atomic E-state index is 0.0557. The maximum Gasteiger partial charge on any atom is 0.168 e. The maximum atomic E-state index is 10.1. The Morgan fingerprint density at radius 1 is 1.12 bits per heavy atom. The van der Waals surface area contributed by atoms with Gasteiger partial charge in [-0.25, -0.2) is 0 Å². The summed E-state index contributed by atoms with van der Waals surface area (Å²) in [6.07, 6.45) is 11.5. The molecule has 0 aliphatic heterocycles. The van der Waals surface area contributed by atoms with Crippen molar-refractivity contribution in [2.24, 2.45) is 11.3 Å². The topological polar surface area (TPSA) is 56.8 Å². The van der Waals surface area contributed by atoms with E-state index in [4.69, 9.17) is 4.74 Å².